The van der Waals surface area contributed by atoms with E-state index in [0.29, 0.717) is 12.6 Å². The second-order valence-corrected chi connectivity index (χ2v) is 8.06. The molecule has 1 aromatic carbocycles. The van der Waals surface area contributed by atoms with E-state index in [0.717, 1.165) is 48.1 Å². The Morgan fingerprint density at radius 3 is 3.15 bits per heavy atom. The third-order valence-electron chi connectivity index (χ3n) is 5.29. The van der Waals surface area contributed by atoms with Crippen molar-refractivity contribution in [2.24, 2.45) is 0 Å². The van der Waals surface area contributed by atoms with Gasteiger partial charge in [0, 0.05) is 30.7 Å². The van der Waals surface area contributed by atoms with Crippen molar-refractivity contribution in [3.63, 3.8) is 0 Å². The number of benzene rings is 1. The fourth-order valence-corrected chi connectivity index (χ4v) is 4.93. The molecule has 140 valence electrons. The molecule has 7 nitrogen and oxygen atoms in total. The Morgan fingerprint density at radius 2 is 2.22 bits per heavy atom. The molecule has 8 heteroatoms. The Bertz CT molecular complexity index is 940. The topological polar surface area (TPSA) is 65.3 Å². The normalized spacial score (nSPS) is 22.3. The first-order chi connectivity index (χ1) is 13.3. The Morgan fingerprint density at radius 1 is 1.30 bits per heavy atom. The van der Waals surface area contributed by atoms with Crippen molar-refractivity contribution in [3.8, 4) is 16.3 Å². The smallest absolute Gasteiger partial charge is 0.129 e. The van der Waals surface area contributed by atoms with Gasteiger partial charge in [-0.15, -0.1) is 16.4 Å². The SMILES string of the molecule is COc1ccccc1-c1ncc(CN2CC[C@H]3[C@H](C2)OCc2cnnn23)s1. The zero-order chi connectivity index (χ0) is 18.2. The van der Waals surface area contributed by atoms with Crippen LogP contribution in [0, 0.1) is 0 Å². The third-order valence-corrected chi connectivity index (χ3v) is 6.30. The zero-order valence-electron chi connectivity index (χ0n) is 15.1. The number of rotatable bonds is 4. The highest BCUT2D eigenvalue weighted by Gasteiger charge is 2.36. The number of para-hydroxylation sites is 1. The number of fused-ring (bicyclic) bond motifs is 3. The van der Waals surface area contributed by atoms with E-state index in [1.807, 2.05) is 24.4 Å². The standard InChI is InChI=1S/C19H21N5O2S/c1-25-17-5-3-2-4-15(17)19-20-9-14(27-19)10-23-7-6-16-18(11-23)26-12-13-8-21-22-24(13)16/h2-5,8-9,16,18H,6-7,10-12H2,1H3/t16-,18-/m0/s1. The van der Waals surface area contributed by atoms with Gasteiger partial charge in [0.1, 0.15) is 10.8 Å². The summed E-state index contributed by atoms with van der Waals surface area (Å²) in [6.07, 6.45) is 4.99. The van der Waals surface area contributed by atoms with Gasteiger partial charge in [0.05, 0.1) is 43.3 Å². The molecule has 27 heavy (non-hydrogen) atoms. The van der Waals surface area contributed by atoms with E-state index in [2.05, 4.69) is 30.9 Å². The molecule has 2 aliphatic rings. The van der Waals surface area contributed by atoms with Gasteiger partial charge in [0.25, 0.3) is 0 Å². The van der Waals surface area contributed by atoms with Crippen LogP contribution in [0.2, 0.25) is 0 Å². The van der Waals surface area contributed by atoms with Gasteiger partial charge in [-0.3, -0.25) is 4.90 Å². The maximum Gasteiger partial charge on any atom is 0.129 e. The molecular weight excluding hydrogens is 362 g/mol. The molecule has 0 radical (unpaired) electrons. The van der Waals surface area contributed by atoms with Gasteiger partial charge in [-0.05, 0) is 18.6 Å². The highest BCUT2D eigenvalue weighted by Crippen LogP contribution is 2.34. The van der Waals surface area contributed by atoms with E-state index in [-0.39, 0.29) is 6.10 Å². The minimum Gasteiger partial charge on any atom is -0.496 e. The number of thiazole rings is 1. The number of nitrogens with zero attached hydrogens (tertiary/aromatic N) is 5. The number of likely N-dealkylation sites (tertiary alicyclic amines) is 1. The molecule has 1 saturated heterocycles. The second kappa shape index (κ2) is 7.03. The minimum atomic E-state index is 0.176. The van der Waals surface area contributed by atoms with Gasteiger partial charge in [0.15, 0.2) is 0 Å². The second-order valence-electron chi connectivity index (χ2n) is 6.94. The van der Waals surface area contributed by atoms with E-state index in [9.17, 15) is 0 Å². The van der Waals surface area contributed by atoms with Crippen molar-refractivity contribution in [2.45, 2.75) is 31.7 Å². The predicted octanol–water partition coefficient (Wildman–Crippen LogP) is 2.76. The molecule has 0 N–H and O–H groups in total. The number of hydrogen-bond donors (Lipinski definition) is 0. The van der Waals surface area contributed by atoms with E-state index in [1.165, 1.54) is 4.88 Å². The molecule has 0 unspecified atom stereocenters. The van der Waals surface area contributed by atoms with Crippen LogP contribution in [0.1, 0.15) is 23.0 Å². The zero-order valence-corrected chi connectivity index (χ0v) is 15.9. The van der Waals surface area contributed by atoms with Crippen LogP contribution >= 0.6 is 11.3 Å². The first-order valence-electron chi connectivity index (χ1n) is 9.13. The van der Waals surface area contributed by atoms with Crippen molar-refractivity contribution in [3.05, 3.63) is 47.2 Å². The summed E-state index contributed by atoms with van der Waals surface area (Å²) >= 11 is 1.73. The van der Waals surface area contributed by atoms with Crippen LogP contribution < -0.4 is 4.74 Å². The van der Waals surface area contributed by atoms with Crippen molar-refractivity contribution < 1.29 is 9.47 Å². The summed E-state index contributed by atoms with van der Waals surface area (Å²) in [5.74, 6) is 0.860. The highest BCUT2D eigenvalue weighted by atomic mass is 32.1. The molecule has 2 aromatic heterocycles. The lowest BCUT2D eigenvalue weighted by molar-refractivity contribution is -0.0702. The number of methoxy groups -OCH3 is 1. The average Bonchev–Trinajstić information content (AvgIpc) is 3.37. The number of aromatic nitrogens is 4. The van der Waals surface area contributed by atoms with Crippen molar-refractivity contribution in [1.29, 1.82) is 0 Å². The first kappa shape index (κ1) is 16.9. The molecule has 2 atom stereocenters. The van der Waals surface area contributed by atoms with E-state index >= 15 is 0 Å². The molecule has 0 bridgehead atoms. The van der Waals surface area contributed by atoms with Crippen molar-refractivity contribution >= 4 is 11.3 Å². The minimum absolute atomic E-state index is 0.176. The maximum atomic E-state index is 6.07. The molecule has 3 aromatic rings. The monoisotopic (exact) mass is 383 g/mol. The van der Waals surface area contributed by atoms with Crippen LogP contribution in [0.4, 0.5) is 0 Å². The van der Waals surface area contributed by atoms with Crippen LogP contribution in [-0.4, -0.2) is 51.2 Å². The van der Waals surface area contributed by atoms with Crippen LogP contribution in [0.15, 0.2) is 36.7 Å². The first-order valence-corrected chi connectivity index (χ1v) is 9.94. The average molecular weight is 383 g/mol. The molecule has 5 rings (SSSR count). The van der Waals surface area contributed by atoms with E-state index in [4.69, 9.17) is 9.47 Å². The lowest BCUT2D eigenvalue weighted by Gasteiger charge is -2.40. The predicted molar refractivity (Wildman–Crippen MR) is 102 cm³/mol. The largest absolute Gasteiger partial charge is 0.496 e. The lowest BCUT2D eigenvalue weighted by Crippen LogP contribution is -2.48. The Balaban J connectivity index is 1.28. The molecule has 1 fully saturated rings. The van der Waals surface area contributed by atoms with Gasteiger partial charge >= 0.3 is 0 Å². The molecular formula is C19H21N5O2S. The Hall–Kier alpha value is -2.29. The lowest BCUT2D eigenvalue weighted by atomic mass is 10.0. The third kappa shape index (κ3) is 3.13. The highest BCUT2D eigenvalue weighted by molar-refractivity contribution is 7.15. The molecule has 0 saturated carbocycles. The van der Waals surface area contributed by atoms with E-state index in [1.54, 1.807) is 24.6 Å². The fourth-order valence-electron chi connectivity index (χ4n) is 3.94. The van der Waals surface area contributed by atoms with Gasteiger partial charge in [-0.25, -0.2) is 9.67 Å². The summed E-state index contributed by atoms with van der Waals surface area (Å²) in [6, 6.07) is 8.32. The summed E-state index contributed by atoms with van der Waals surface area (Å²) in [5, 5.41) is 9.28. The van der Waals surface area contributed by atoms with E-state index < -0.39 is 0 Å². The summed E-state index contributed by atoms with van der Waals surface area (Å²) in [5.41, 5.74) is 2.12. The van der Waals surface area contributed by atoms with Crippen LogP contribution in [0.5, 0.6) is 5.75 Å². The maximum absolute atomic E-state index is 6.07. The molecule has 2 aliphatic heterocycles. The molecule has 4 heterocycles. The summed E-state index contributed by atoms with van der Waals surface area (Å²) in [7, 11) is 1.70. The number of ether oxygens (including phenoxy) is 2. The summed E-state index contributed by atoms with van der Waals surface area (Å²) < 4.78 is 13.6. The molecule has 0 spiro atoms. The van der Waals surface area contributed by atoms with Gasteiger partial charge in [-0.2, -0.15) is 0 Å². The summed E-state index contributed by atoms with van der Waals surface area (Å²) in [4.78, 5) is 8.33. The van der Waals surface area contributed by atoms with Crippen LogP contribution in [0.25, 0.3) is 10.6 Å². The Labute approximate surface area is 161 Å². The quantitative estimate of drug-likeness (QED) is 0.690. The summed E-state index contributed by atoms with van der Waals surface area (Å²) in [6.45, 7) is 3.42. The van der Waals surface area contributed by atoms with Gasteiger partial charge < -0.3 is 9.47 Å². The fraction of sp³-hybridized carbons (Fsp3) is 0.421. The van der Waals surface area contributed by atoms with Crippen LogP contribution in [0.3, 0.4) is 0 Å². The van der Waals surface area contributed by atoms with Gasteiger partial charge in [0.2, 0.25) is 0 Å². The van der Waals surface area contributed by atoms with Crippen LogP contribution in [-0.2, 0) is 17.9 Å². The van der Waals surface area contributed by atoms with Crippen molar-refractivity contribution in [2.75, 3.05) is 20.2 Å². The molecule has 0 amide bonds. The van der Waals surface area contributed by atoms with Gasteiger partial charge in [-0.1, -0.05) is 17.3 Å². The number of piperidine rings is 1. The number of hydrogen-bond acceptors (Lipinski definition) is 7. The van der Waals surface area contributed by atoms with Crippen molar-refractivity contribution in [1.82, 2.24) is 24.9 Å². The Kier molecular flexibility index (Phi) is 4.39. The molecule has 0 aliphatic carbocycles.